The average Bonchev–Trinajstić information content (AvgIpc) is 3.35. The number of hydrogen-bond acceptors (Lipinski definition) is 5. The van der Waals surface area contributed by atoms with E-state index in [2.05, 4.69) is 27.3 Å². The zero-order valence-electron chi connectivity index (χ0n) is 23.1. The second-order valence-corrected chi connectivity index (χ2v) is 10.6. The number of likely N-dealkylation sites (tertiary alicyclic amines) is 1. The molecule has 4 rings (SSSR count). The first kappa shape index (κ1) is 28.2. The van der Waals surface area contributed by atoms with Crippen LogP contribution in [-0.4, -0.2) is 64.5 Å². The van der Waals surface area contributed by atoms with Gasteiger partial charge < -0.3 is 15.1 Å². The van der Waals surface area contributed by atoms with Crippen LogP contribution >= 0.6 is 0 Å². The summed E-state index contributed by atoms with van der Waals surface area (Å²) >= 11 is 0. The van der Waals surface area contributed by atoms with E-state index in [1.165, 1.54) is 12.1 Å². The van der Waals surface area contributed by atoms with Gasteiger partial charge in [0.05, 0.1) is 18.3 Å². The van der Waals surface area contributed by atoms with Gasteiger partial charge in [0.25, 0.3) is 11.5 Å². The van der Waals surface area contributed by atoms with Gasteiger partial charge in [0.15, 0.2) is 0 Å². The number of likely N-dealkylation sites (N-methyl/N-ethyl adjacent to an activating group) is 1. The van der Waals surface area contributed by atoms with Gasteiger partial charge in [-0.2, -0.15) is 5.10 Å². The lowest BCUT2D eigenvalue weighted by Crippen LogP contribution is -2.50. The number of halogens is 1. The summed E-state index contributed by atoms with van der Waals surface area (Å²) in [6.07, 6.45) is 1.94. The van der Waals surface area contributed by atoms with Crippen LogP contribution in [0.15, 0.2) is 53.3 Å². The zero-order chi connectivity index (χ0) is 28.3. The largest absolute Gasteiger partial charge is 0.343 e. The number of benzene rings is 2. The maximum atomic E-state index is 14.0. The lowest BCUT2D eigenvalue weighted by atomic mass is 9.99. The normalized spacial score (nSPS) is 17.9. The van der Waals surface area contributed by atoms with Gasteiger partial charge in [0, 0.05) is 29.6 Å². The Bertz CT molecular complexity index is 1420. The third kappa shape index (κ3) is 6.42. The van der Waals surface area contributed by atoms with E-state index in [1.54, 1.807) is 24.3 Å². The second-order valence-electron chi connectivity index (χ2n) is 10.6. The second kappa shape index (κ2) is 11.9. The molecule has 3 atom stereocenters. The fraction of sp³-hybridized carbons (Fsp3) is 0.400. The SMILES string of the molecule is Cc1cc(Cc2ccc(C(=O)NCC(=O)N3[C@@H](C(C)N(C)C)CC[C@H]3c3cccc(F)c3)cc2C)c(=O)[nH]n1. The van der Waals surface area contributed by atoms with Crippen molar-refractivity contribution in [2.24, 2.45) is 0 Å². The van der Waals surface area contributed by atoms with Crippen LogP contribution in [0, 0.1) is 19.7 Å². The number of nitrogens with zero attached hydrogens (tertiary/aromatic N) is 3. The Labute approximate surface area is 228 Å². The van der Waals surface area contributed by atoms with E-state index in [9.17, 15) is 18.8 Å². The average molecular weight is 534 g/mol. The molecule has 1 unspecified atom stereocenters. The van der Waals surface area contributed by atoms with E-state index >= 15 is 0 Å². The summed E-state index contributed by atoms with van der Waals surface area (Å²) in [5.74, 6) is -0.886. The van der Waals surface area contributed by atoms with Gasteiger partial charge in [-0.15, -0.1) is 0 Å². The lowest BCUT2D eigenvalue weighted by molar-refractivity contribution is -0.134. The Hall–Kier alpha value is -3.85. The minimum atomic E-state index is -0.352. The van der Waals surface area contributed by atoms with E-state index < -0.39 is 0 Å². The van der Waals surface area contributed by atoms with Gasteiger partial charge in [-0.05, 0) is 94.7 Å². The molecule has 1 aromatic heterocycles. The summed E-state index contributed by atoms with van der Waals surface area (Å²) in [4.78, 5) is 42.5. The molecule has 0 spiro atoms. The van der Waals surface area contributed by atoms with Crippen molar-refractivity contribution in [2.45, 2.75) is 58.2 Å². The number of aromatic amines is 1. The Kier molecular flexibility index (Phi) is 8.60. The molecule has 0 radical (unpaired) electrons. The number of carbonyl (C=O) groups excluding carboxylic acids is 2. The molecule has 1 aliphatic heterocycles. The summed E-state index contributed by atoms with van der Waals surface area (Å²) < 4.78 is 14.0. The third-order valence-corrected chi connectivity index (χ3v) is 7.72. The van der Waals surface area contributed by atoms with Crippen molar-refractivity contribution < 1.29 is 14.0 Å². The number of rotatable bonds is 8. The number of aryl methyl sites for hydroxylation is 2. The van der Waals surface area contributed by atoms with Crippen LogP contribution in [0.4, 0.5) is 4.39 Å². The highest BCUT2D eigenvalue weighted by Crippen LogP contribution is 2.38. The first-order valence-electron chi connectivity index (χ1n) is 13.2. The summed E-state index contributed by atoms with van der Waals surface area (Å²) in [7, 11) is 3.95. The maximum absolute atomic E-state index is 14.0. The van der Waals surface area contributed by atoms with Crippen LogP contribution in [0.3, 0.4) is 0 Å². The fourth-order valence-corrected chi connectivity index (χ4v) is 5.34. The summed E-state index contributed by atoms with van der Waals surface area (Å²) in [6.45, 7) is 5.62. The van der Waals surface area contributed by atoms with Crippen molar-refractivity contribution in [3.05, 3.63) is 98.2 Å². The predicted molar refractivity (Wildman–Crippen MR) is 148 cm³/mol. The number of H-pyrrole nitrogens is 1. The summed E-state index contributed by atoms with van der Waals surface area (Å²) in [5, 5.41) is 9.18. The van der Waals surface area contributed by atoms with Crippen molar-refractivity contribution in [3.63, 3.8) is 0 Å². The van der Waals surface area contributed by atoms with Gasteiger partial charge in [0.1, 0.15) is 5.82 Å². The monoisotopic (exact) mass is 533 g/mol. The number of carbonyl (C=O) groups is 2. The lowest BCUT2D eigenvalue weighted by Gasteiger charge is -2.36. The molecule has 2 heterocycles. The molecular formula is C30H36FN5O3. The van der Waals surface area contributed by atoms with Crippen LogP contribution in [0.25, 0.3) is 0 Å². The Morgan fingerprint density at radius 2 is 1.90 bits per heavy atom. The molecule has 2 N–H and O–H groups in total. The van der Waals surface area contributed by atoms with Crippen LogP contribution in [-0.2, 0) is 11.2 Å². The van der Waals surface area contributed by atoms with Crippen molar-refractivity contribution in [1.82, 2.24) is 25.3 Å². The molecule has 2 aromatic carbocycles. The van der Waals surface area contributed by atoms with Crippen molar-refractivity contribution in [3.8, 4) is 0 Å². The zero-order valence-corrected chi connectivity index (χ0v) is 23.1. The van der Waals surface area contributed by atoms with E-state index in [4.69, 9.17) is 0 Å². The molecule has 9 heteroatoms. The highest BCUT2D eigenvalue weighted by atomic mass is 19.1. The summed E-state index contributed by atoms with van der Waals surface area (Å²) in [5.41, 5.74) is 4.09. The van der Waals surface area contributed by atoms with E-state index in [0.717, 1.165) is 35.2 Å². The van der Waals surface area contributed by atoms with Gasteiger partial charge in [-0.3, -0.25) is 14.4 Å². The van der Waals surface area contributed by atoms with Crippen LogP contribution in [0.1, 0.15) is 64.1 Å². The summed E-state index contributed by atoms with van der Waals surface area (Å²) in [6, 6.07) is 13.2. The fourth-order valence-electron chi connectivity index (χ4n) is 5.34. The highest BCUT2D eigenvalue weighted by molar-refractivity contribution is 5.96. The Balaban J connectivity index is 1.47. The van der Waals surface area contributed by atoms with E-state index in [1.807, 2.05) is 45.0 Å². The van der Waals surface area contributed by atoms with Gasteiger partial charge in [0.2, 0.25) is 5.91 Å². The van der Waals surface area contributed by atoms with Crippen molar-refractivity contribution >= 4 is 11.8 Å². The van der Waals surface area contributed by atoms with E-state index in [0.29, 0.717) is 17.5 Å². The molecular weight excluding hydrogens is 497 g/mol. The molecule has 8 nitrogen and oxygen atoms in total. The minimum absolute atomic E-state index is 0.0563. The molecule has 2 amide bonds. The molecule has 0 aliphatic carbocycles. The van der Waals surface area contributed by atoms with Crippen LogP contribution in [0.2, 0.25) is 0 Å². The van der Waals surface area contributed by atoms with Gasteiger partial charge >= 0.3 is 0 Å². The number of hydrogen-bond donors (Lipinski definition) is 2. The molecule has 1 fully saturated rings. The standard InChI is InChI=1S/C30H36FN5O3/c1-18-13-23(10-9-21(18)15-24-14-19(2)33-34-30(24)39)29(38)32-17-28(37)36-26(20(3)35(4)5)11-12-27(36)22-7-6-8-25(31)16-22/h6-10,13-14,16,20,26-27H,11-12,15,17H2,1-5H3,(H,32,38)(H,34,39)/t20?,26-,27+/m1/s1. The smallest absolute Gasteiger partial charge is 0.267 e. The Morgan fingerprint density at radius 3 is 2.59 bits per heavy atom. The molecule has 0 bridgehead atoms. The first-order valence-corrected chi connectivity index (χ1v) is 13.2. The van der Waals surface area contributed by atoms with Crippen molar-refractivity contribution in [2.75, 3.05) is 20.6 Å². The molecule has 0 saturated carbocycles. The molecule has 206 valence electrons. The van der Waals surface area contributed by atoms with Crippen LogP contribution in [0.5, 0.6) is 0 Å². The highest BCUT2D eigenvalue weighted by Gasteiger charge is 2.40. The quantitative estimate of drug-likeness (QED) is 0.462. The van der Waals surface area contributed by atoms with E-state index in [-0.39, 0.29) is 47.9 Å². The molecule has 1 saturated heterocycles. The van der Waals surface area contributed by atoms with Gasteiger partial charge in [-0.1, -0.05) is 18.2 Å². The molecule has 1 aliphatic rings. The topological polar surface area (TPSA) is 98.4 Å². The predicted octanol–water partition coefficient (Wildman–Crippen LogP) is 3.53. The molecule has 3 aromatic rings. The maximum Gasteiger partial charge on any atom is 0.267 e. The number of nitrogens with one attached hydrogen (secondary N) is 2. The first-order chi connectivity index (χ1) is 18.5. The minimum Gasteiger partial charge on any atom is -0.343 e. The Morgan fingerprint density at radius 1 is 1.13 bits per heavy atom. The van der Waals surface area contributed by atoms with Gasteiger partial charge in [-0.25, -0.2) is 9.49 Å². The van der Waals surface area contributed by atoms with Crippen LogP contribution < -0.4 is 10.9 Å². The molecule has 39 heavy (non-hydrogen) atoms. The number of aromatic nitrogens is 2. The van der Waals surface area contributed by atoms with Crippen molar-refractivity contribution in [1.29, 1.82) is 0 Å². The number of amides is 2. The third-order valence-electron chi connectivity index (χ3n) is 7.72.